The van der Waals surface area contributed by atoms with Crippen LogP contribution < -0.4 is 5.32 Å². The van der Waals surface area contributed by atoms with Crippen LogP contribution in [0.1, 0.15) is 18.1 Å². The lowest BCUT2D eigenvalue weighted by Gasteiger charge is -2.29. The van der Waals surface area contributed by atoms with Crippen molar-refractivity contribution >= 4 is 15.9 Å². The summed E-state index contributed by atoms with van der Waals surface area (Å²) in [6.45, 7) is 2.10. The Hall–Kier alpha value is -1.13. The van der Waals surface area contributed by atoms with Gasteiger partial charge in [0.05, 0.1) is 11.7 Å². The standard InChI is InChI=1S/C12H13BrN2O/c1-12(14-2,9-7-15-16-8-9)10-5-3-4-6-11(10)13/h3-8,14H,1-2H3. The van der Waals surface area contributed by atoms with Crippen LogP contribution in [0.4, 0.5) is 0 Å². The summed E-state index contributed by atoms with van der Waals surface area (Å²) in [6, 6.07) is 8.12. The Morgan fingerprint density at radius 2 is 2.12 bits per heavy atom. The molecule has 2 aromatic rings. The molecule has 0 saturated carbocycles. The summed E-state index contributed by atoms with van der Waals surface area (Å²) in [5, 5.41) is 7.07. The Labute approximate surface area is 103 Å². The van der Waals surface area contributed by atoms with Crippen molar-refractivity contribution in [3.05, 3.63) is 52.3 Å². The minimum Gasteiger partial charge on any atom is -0.364 e. The van der Waals surface area contributed by atoms with Crippen LogP contribution in [0.15, 0.2) is 45.7 Å². The van der Waals surface area contributed by atoms with Crippen molar-refractivity contribution in [3.8, 4) is 0 Å². The van der Waals surface area contributed by atoms with Gasteiger partial charge in [-0.1, -0.05) is 39.3 Å². The molecular formula is C12H13BrN2O. The molecule has 1 heterocycles. The second-order valence-corrected chi connectivity index (χ2v) is 4.62. The van der Waals surface area contributed by atoms with Crippen molar-refractivity contribution in [1.82, 2.24) is 10.5 Å². The topological polar surface area (TPSA) is 38.1 Å². The van der Waals surface area contributed by atoms with Gasteiger partial charge in [-0.3, -0.25) is 0 Å². The molecule has 4 heteroatoms. The largest absolute Gasteiger partial charge is 0.364 e. The number of benzene rings is 1. The Kier molecular flexibility index (Phi) is 3.12. The first-order chi connectivity index (χ1) is 7.68. The van der Waals surface area contributed by atoms with Gasteiger partial charge in [0.1, 0.15) is 6.26 Å². The highest BCUT2D eigenvalue weighted by molar-refractivity contribution is 9.10. The summed E-state index contributed by atoms with van der Waals surface area (Å²) in [6.07, 6.45) is 3.39. The number of rotatable bonds is 3. The third-order valence-corrected chi connectivity index (χ3v) is 3.61. The number of nitrogens with zero attached hydrogens (tertiary/aromatic N) is 1. The molecule has 0 saturated heterocycles. The molecule has 1 unspecified atom stereocenters. The van der Waals surface area contributed by atoms with Crippen LogP contribution in [0.25, 0.3) is 0 Å². The number of halogens is 1. The fourth-order valence-corrected chi connectivity index (χ4v) is 2.43. The van der Waals surface area contributed by atoms with E-state index in [2.05, 4.69) is 39.4 Å². The SMILES string of the molecule is CNC(C)(c1cnoc1)c1ccccc1Br. The molecule has 1 atom stereocenters. The fraction of sp³-hybridized carbons (Fsp3) is 0.250. The minimum absolute atomic E-state index is 0.305. The van der Waals surface area contributed by atoms with Crippen molar-refractivity contribution in [2.75, 3.05) is 7.05 Å². The molecule has 3 nitrogen and oxygen atoms in total. The summed E-state index contributed by atoms with van der Waals surface area (Å²) >= 11 is 3.57. The Balaban J connectivity index is 2.55. The van der Waals surface area contributed by atoms with Gasteiger partial charge in [0.15, 0.2) is 0 Å². The maximum atomic E-state index is 4.92. The molecule has 0 bridgehead atoms. The van der Waals surface area contributed by atoms with Crippen molar-refractivity contribution in [2.24, 2.45) is 0 Å². The predicted molar refractivity (Wildman–Crippen MR) is 66.2 cm³/mol. The highest BCUT2D eigenvalue weighted by atomic mass is 79.9. The van der Waals surface area contributed by atoms with Gasteiger partial charge < -0.3 is 9.84 Å². The fourth-order valence-electron chi connectivity index (χ4n) is 1.75. The Bertz CT molecular complexity index is 470. The van der Waals surface area contributed by atoms with Crippen LogP contribution in [0.5, 0.6) is 0 Å². The van der Waals surface area contributed by atoms with Crippen LogP contribution in [-0.4, -0.2) is 12.2 Å². The molecule has 1 aromatic carbocycles. The number of hydrogen-bond acceptors (Lipinski definition) is 3. The molecule has 16 heavy (non-hydrogen) atoms. The predicted octanol–water partition coefficient (Wildman–Crippen LogP) is 2.92. The molecule has 0 radical (unpaired) electrons. The van der Waals surface area contributed by atoms with E-state index < -0.39 is 0 Å². The highest BCUT2D eigenvalue weighted by Gasteiger charge is 2.30. The van der Waals surface area contributed by atoms with E-state index in [1.807, 2.05) is 25.2 Å². The Morgan fingerprint density at radius 3 is 2.69 bits per heavy atom. The molecule has 1 N–H and O–H groups in total. The van der Waals surface area contributed by atoms with E-state index >= 15 is 0 Å². The van der Waals surface area contributed by atoms with E-state index in [9.17, 15) is 0 Å². The zero-order valence-electron chi connectivity index (χ0n) is 9.20. The molecule has 0 aliphatic carbocycles. The lowest BCUT2D eigenvalue weighted by atomic mass is 9.87. The van der Waals surface area contributed by atoms with Crippen molar-refractivity contribution in [1.29, 1.82) is 0 Å². The molecule has 0 fully saturated rings. The highest BCUT2D eigenvalue weighted by Crippen LogP contribution is 2.33. The maximum Gasteiger partial charge on any atom is 0.129 e. The molecule has 0 aliphatic heterocycles. The summed E-state index contributed by atoms with van der Waals surface area (Å²) in [7, 11) is 1.92. The van der Waals surface area contributed by atoms with E-state index in [-0.39, 0.29) is 5.54 Å². The summed E-state index contributed by atoms with van der Waals surface area (Å²) < 4.78 is 5.98. The third-order valence-electron chi connectivity index (χ3n) is 2.92. The smallest absolute Gasteiger partial charge is 0.129 e. The van der Waals surface area contributed by atoms with Crippen molar-refractivity contribution < 1.29 is 4.52 Å². The normalized spacial score (nSPS) is 14.7. The van der Waals surface area contributed by atoms with E-state index in [1.165, 1.54) is 0 Å². The van der Waals surface area contributed by atoms with E-state index in [0.29, 0.717) is 0 Å². The summed E-state index contributed by atoms with van der Waals surface area (Å²) in [4.78, 5) is 0. The van der Waals surface area contributed by atoms with Gasteiger partial charge in [-0.25, -0.2) is 0 Å². The quantitative estimate of drug-likeness (QED) is 0.940. The summed E-state index contributed by atoms with van der Waals surface area (Å²) in [5.74, 6) is 0. The number of nitrogens with one attached hydrogen (secondary N) is 1. The van der Waals surface area contributed by atoms with Gasteiger partial charge in [-0.15, -0.1) is 0 Å². The molecular weight excluding hydrogens is 268 g/mol. The van der Waals surface area contributed by atoms with Gasteiger partial charge in [0.2, 0.25) is 0 Å². The zero-order chi connectivity index (χ0) is 11.6. The first-order valence-electron chi connectivity index (χ1n) is 5.02. The van der Waals surface area contributed by atoms with Crippen LogP contribution in [0.3, 0.4) is 0 Å². The van der Waals surface area contributed by atoms with Gasteiger partial charge in [-0.2, -0.15) is 0 Å². The Morgan fingerprint density at radius 1 is 1.38 bits per heavy atom. The molecule has 1 aromatic heterocycles. The zero-order valence-corrected chi connectivity index (χ0v) is 10.8. The van der Waals surface area contributed by atoms with Crippen molar-refractivity contribution in [3.63, 3.8) is 0 Å². The maximum absolute atomic E-state index is 4.92. The average Bonchev–Trinajstić information content (AvgIpc) is 2.82. The van der Waals surface area contributed by atoms with Crippen molar-refractivity contribution in [2.45, 2.75) is 12.5 Å². The molecule has 0 spiro atoms. The monoisotopic (exact) mass is 280 g/mol. The minimum atomic E-state index is -0.305. The van der Waals surface area contributed by atoms with Crippen LogP contribution in [0, 0.1) is 0 Å². The molecule has 0 aliphatic rings. The van der Waals surface area contributed by atoms with Crippen LogP contribution >= 0.6 is 15.9 Å². The van der Waals surface area contributed by atoms with E-state index in [1.54, 1.807) is 12.5 Å². The number of aromatic nitrogens is 1. The van der Waals surface area contributed by atoms with E-state index in [4.69, 9.17) is 4.52 Å². The van der Waals surface area contributed by atoms with Gasteiger partial charge in [0, 0.05) is 10.0 Å². The van der Waals surface area contributed by atoms with Gasteiger partial charge in [-0.05, 0) is 25.6 Å². The summed E-state index contributed by atoms with van der Waals surface area (Å²) in [5.41, 5.74) is 1.85. The van der Waals surface area contributed by atoms with Gasteiger partial charge in [0.25, 0.3) is 0 Å². The molecule has 0 amide bonds. The molecule has 2 rings (SSSR count). The molecule has 84 valence electrons. The van der Waals surface area contributed by atoms with Crippen LogP contribution in [0.2, 0.25) is 0 Å². The first kappa shape index (κ1) is 11.4. The van der Waals surface area contributed by atoms with Crippen LogP contribution in [-0.2, 0) is 5.54 Å². The second-order valence-electron chi connectivity index (χ2n) is 3.77. The van der Waals surface area contributed by atoms with Gasteiger partial charge >= 0.3 is 0 Å². The second kappa shape index (κ2) is 4.39. The number of hydrogen-bond donors (Lipinski definition) is 1. The average molecular weight is 281 g/mol. The lowest BCUT2D eigenvalue weighted by Crippen LogP contribution is -2.37. The first-order valence-corrected chi connectivity index (χ1v) is 5.81. The lowest BCUT2D eigenvalue weighted by molar-refractivity contribution is 0.412. The third kappa shape index (κ3) is 1.79. The van der Waals surface area contributed by atoms with E-state index in [0.717, 1.165) is 15.6 Å².